The quantitative estimate of drug-likeness (QED) is 0.422. The average molecular weight is 178 g/mol. The molecular formula is C9H13F3. The van der Waals surface area contributed by atoms with Crippen LogP contribution < -0.4 is 0 Å². The van der Waals surface area contributed by atoms with E-state index in [0.717, 1.165) is 6.08 Å². The second-order valence-corrected chi connectivity index (χ2v) is 1.98. The molecule has 0 saturated heterocycles. The zero-order chi connectivity index (χ0) is 10.4. The third-order valence-corrected chi connectivity index (χ3v) is 1.05. The van der Waals surface area contributed by atoms with Crippen molar-refractivity contribution in [2.75, 3.05) is 0 Å². The van der Waals surface area contributed by atoms with Crippen LogP contribution in [0.5, 0.6) is 0 Å². The van der Waals surface area contributed by atoms with Gasteiger partial charge in [0.15, 0.2) is 0 Å². The van der Waals surface area contributed by atoms with Crippen molar-refractivity contribution in [2.24, 2.45) is 0 Å². The van der Waals surface area contributed by atoms with Gasteiger partial charge in [0.05, 0.1) is 5.57 Å². The van der Waals surface area contributed by atoms with Crippen molar-refractivity contribution in [3.63, 3.8) is 0 Å². The first-order chi connectivity index (χ1) is 5.39. The van der Waals surface area contributed by atoms with Gasteiger partial charge in [-0.25, -0.2) is 0 Å². The summed E-state index contributed by atoms with van der Waals surface area (Å²) in [5, 5.41) is 0. The highest BCUT2D eigenvalue weighted by atomic mass is 19.4. The lowest BCUT2D eigenvalue weighted by Crippen LogP contribution is -2.11. The van der Waals surface area contributed by atoms with Gasteiger partial charge in [0.2, 0.25) is 0 Å². The summed E-state index contributed by atoms with van der Waals surface area (Å²) in [5.41, 5.74) is -0.595. The van der Waals surface area contributed by atoms with E-state index in [2.05, 4.69) is 19.7 Å². The summed E-state index contributed by atoms with van der Waals surface area (Å²) in [7, 11) is 0. The molecule has 0 radical (unpaired) electrons. The van der Waals surface area contributed by atoms with E-state index in [0.29, 0.717) is 0 Å². The average Bonchev–Trinajstić information content (AvgIpc) is 1.89. The van der Waals surface area contributed by atoms with Gasteiger partial charge in [-0.15, -0.1) is 13.2 Å². The standard InChI is InChI=1S/C7H9F3.C2H4/c1-4-6(5(2)3)7(8,9)10;1-2/h4H,2H2,1,3H3;1-2H2/b6-4+;. The molecular weight excluding hydrogens is 165 g/mol. The van der Waals surface area contributed by atoms with E-state index < -0.39 is 11.7 Å². The predicted octanol–water partition coefficient (Wildman–Crippen LogP) is 3.87. The molecule has 0 aliphatic carbocycles. The van der Waals surface area contributed by atoms with Crippen LogP contribution in [-0.4, -0.2) is 6.18 Å². The fraction of sp³-hybridized carbons (Fsp3) is 0.333. The van der Waals surface area contributed by atoms with Crippen LogP contribution in [0.15, 0.2) is 37.0 Å². The maximum Gasteiger partial charge on any atom is 0.416 e. The Morgan fingerprint density at radius 3 is 1.58 bits per heavy atom. The highest BCUT2D eigenvalue weighted by Crippen LogP contribution is 2.29. The Morgan fingerprint density at radius 1 is 1.25 bits per heavy atom. The monoisotopic (exact) mass is 178 g/mol. The zero-order valence-corrected chi connectivity index (χ0v) is 7.33. The molecule has 0 atom stereocenters. The Balaban J connectivity index is 0. The van der Waals surface area contributed by atoms with Crippen molar-refractivity contribution in [3.05, 3.63) is 37.0 Å². The van der Waals surface area contributed by atoms with E-state index in [1.807, 2.05) is 0 Å². The lowest BCUT2D eigenvalue weighted by molar-refractivity contribution is -0.0893. The Labute approximate surface area is 71.1 Å². The van der Waals surface area contributed by atoms with E-state index in [9.17, 15) is 13.2 Å². The van der Waals surface area contributed by atoms with Gasteiger partial charge in [0.25, 0.3) is 0 Å². The first-order valence-electron chi connectivity index (χ1n) is 3.29. The zero-order valence-electron chi connectivity index (χ0n) is 7.33. The largest absolute Gasteiger partial charge is 0.416 e. The van der Waals surface area contributed by atoms with E-state index in [1.165, 1.54) is 13.8 Å². The van der Waals surface area contributed by atoms with E-state index in [1.54, 1.807) is 0 Å². The molecule has 0 aliphatic heterocycles. The Bertz CT molecular complexity index is 175. The number of alkyl halides is 3. The van der Waals surface area contributed by atoms with E-state index >= 15 is 0 Å². The lowest BCUT2D eigenvalue weighted by atomic mass is 10.1. The van der Waals surface area contributed by atoms with Gasteiger partial charge in [-0.05, 0) is 19.4 Å². The summed E-state index contributed by atoms with van der Waals surface area (Å²) in [5.74, 6) is 0. The van der Waals surface area contributed by atoms with Crippen LogP contribution in [0, 0.1) is 0 Å². The number of hydrogen-bond acceptors (Lipinski definition) is 0. The fourth-order valence-electron chi connectivity index (χ4n) is 0.652. The van der Waals surface area contributed by atoms with Crippen LogP contribution in [0.1, 0.15) is 13.8 Å². The van der Waals surface area contributed by atoms with Crippen molar-refractivity contribution in [3.8, 4) is 0 Å². The van der Waals surface area contributed by atoms with Crippen molar-refractivity contribution in [1.82, 2.24) is 0 Å². The number of rotatable bonds is 1. The molecule has 0 N–H and O–H groups in total. The number of hydrogen-bond donors (Lipinski definition) is 0. The summed E-state index contributed by atoms with van der Waals surface area (Å²) in [4.78, 5) is 0. The molecule has 0 aromatic carbocycles. The van der Waals surface area contributed by atoms with Gasteiger partial charge in [-0.3, -0.25) is 0 Å². The molecule has 12 heavy (non-hydrogen) atoms. The Morgan fingerprint density at radius 2 is 1.58 bits per heavy atom. The molecule has 0 bridgehead atoms. The predicted molar refractivity (Wildman–Crippen MR) is 45.9 cm³/mol. The normalized spacial score (nSPS) is 11.6. The van der Waals surface area contributed by atoms with E-state index in [-0.39, 0.29) is 5.57 Å². The topological polar surface area (TPSA) is 0 Å². The molecule has 0 saturated carbocycles. The minimum Gasteiger partial charge on any atom is -0.166 e. The molecule has 0 heterocycles. The minimum absolute atomic E-state index is 0.0509. The first-order valence-corrected chi connectivity index (χ1v) is 3.29. The van der Waals surface area contributed by atoms with Gasteiger partial charge >= 0.3 is 6.18 Å². The summed E-state index contributed by atoms with van der Waals surface area (Å²) in [6.45, 7) is 11.9. The molecule has 0 unspecified atom stereocenters. The van der Waals surface area contributed by atoms with Crippen molar-refractivity contribution >= 4 is 0 Å². The fourth-order valence-corrected chi connectivity index (χ4v) is 0.652. The first kappa shape index (κ1) is 13.6. The molecule has 0 spiro atoms. The van der Waals surface area contributed by atoms with Gasteiger partial charge < -0.3 is 0 Å². The summed E-state index contributed by atoms with van der Waals surface area (Å²) in [6.07, 6.45) is -3.23. The minimum atomic E-state index is -4.25. The van der Waals surface area contributed by atoms with E-state index in [4.69, 9.17) is 0 Å². The molecule has 0 amide bonds. The highest BCUT2D eigenvalue weighted by Gasteiger charge is 2.32. The molecule has 0 rings (SSSR count). The van der Waals surface area contributed by atoms with Crippen LogP contribution in [0.25, 0.3) is 0 Å². The molecule has 0 fully saturated rings. The van der Waals surface area contributed by atoms with Crippen molar-refractivity contribution in [1.29, 1.82) is 0 Å². The maximum absolute atomic E-state index is 11.8. The second-order valence-electron chi connectivity index (χ2n) is 1.98. The number of allylic oxidation sites excluding steroid dienone is 3. The molecule has 0 nitrogen and oxygen atoms in total. The Hall–Kier alpha value is -0.990. The van der Waals surface area contributed by atoms with Crippen LogP contribution in [0.4, 0.5) is 13.2 Å². The summed E-state index contributed by atoms with van der Waals surface area (Å²) >= 11 is 0. The summed E-state index contributed by atoms with van der Waals surface area (Å²) in [6, 6.07) is 0. The smallest absolute Gasteiger partial charge is 0.166 e. The van der Waals surface area contributed by atoms with Crippen LogP contribution in [0.3, 0.4) is 0 Å². The summed E-state index contributed by atoms with van der Waals surface area (Å²) < 4.78 is 35.5. The highest BCUT2D eigenvalue weighted by molar-refractivity contribution is 5.29. The molecule has 70 valence electrons. The van der Waals surface area contributed by atoms with Gasteiger partial charge in [-0.1, -0.05) is 12.7 Å². The number of halogens is 3. The van der Waals surface area contributed by atoms with Gasteiger partial charge in [0.1, 0.15) is 0 Å². The van der Waals surface area contributed by atoms with Gasteiger partial charge in [0, 0.05) is 0 Å². The second kappa shape index (κ2) is 5.63. The van der Waals surface area contributed by atoms with Crippen LogP contribution in [0.2, 0.25) is 0 Å². The Kier molecular flexibility index (Phi) is 6.38. The molecule has 0 aromatic rings. The van der Waals surface area contributed by atoms with Crippen molar-refractivity contribution < 1.29 is 13.2 Å². The van der Waals surface area contributed by atoms with Crippen LogP contribution in [-0.2, 0) is 0 Å². The molecule has 3 heteroatoms. The van der Waals surface area contributed by atoms with Crippen molar-refractivity contribution in [2.45, 2.75) is 20.0 Å². The molecule has 0 aliphatic rings. The SMILES string of the molecule is C=C.C=C(C)/C(=C\C)C(F)(F)F. The lowest BCUT2D eigenvalue weighted by Gasteiger charge is -2.09. The third kappa shape index (κ3) is 4.77. The third-order valence-electron chi connectivity index (χ3n) is 1.05. The van der Waals surface area contributed by atoms with Gasteiger partial charge in [-0.2, -0.15) is 13.2 Å². The maximum atomic E-state index is 11.8. The van der Waals surface area contributed by atoms with Crippen LogP contribution >= 0.6 is 0 Å². The molecule has 0 aromatic heterocycles.